The summed E-state index contributed by atoms with van der Waals surface area (Å²) in [4.78, 5) is 82.7. The Morgan fingerprint density at radius 3 is 2.40 bits per heavy atom. The van der Waals surface area contributed by atoms with E-state index in [2.05, 4.69) is 5.32 Å². The smallest absolute Gasteiger partial charge is 0.335 e. The highest BCUT2D eigenvalue weighted by Crippen LogP contribution is 2.49. The zero-order chi connectivity index (χ0) is 28.5. The first-order valence-corrected chi connectivity index (χ1v) is 12.7. The van der Waals surface area contributed by atoms with Crippen LogP contribution in [0.1, 0.15) is 24.0 Å². The molecular weight excluding hydrogens is 521 g/mol. The van der Waals surface area contributed by atoms with Gasteiger partial charge in [-0.1, -0.05) is 12.1 Å². The minimum Gasteiger partial charge on any atom is -0.367 e. The lowest BCUT2D eigenvalue weighted by Crippen LogP contribution is -2.70. The third kappa shape index (κ3) is 3.48. The molecule has 40 heavy (non-hydrogen) atoms. The van der Waals surface area contributed by atoms with Crippen molar-refractivity contribution >= 4 is 53.1 Å². The average Bonchev–Trinajstić information content (AvgIpc) is 3.43. The summed E-state index contributed by atoms with van der Waals surface area (Å²) >= 11 is 0. The number of carbonyl (C=O) groups is 6. The van der Waals surface area contributed by atoms with Gasteiger partial charge in [-0.05, 0) is 66.8 Å². The van der Waals surface area contributed by atoms with E-state index < -0.39 is 53.0 Å². The van der Waals surface area contributed by atoms with Crippen LogP contribution in [-0.4, -0.2) is 72.2 Å². The molecule has 4 heterocycles. The number of halogens is 1. The standard InChI is InChI=1S/C28H24FN5O6/c1-31-24(37)28(25(38)32(2)27(31)40)14-16-11-15(8-9-20(16)33-10-4-7-21(28)33)12-19-22(35)30-26(39)34(23(19)36)18-6-3-5-17(29)13-18/h3,5-6,8-9,11-13,21H,4,7,10,14H2,1-2H3,(H,30,35,39)/b19-12+/t21-/m1/s1. The van der Waals surface area contributed by atoms with Crippen LogP contribution >= 0.6 is 0 Å². The van der Waals surface area contributed by atoms with Gasteiger partial charge in [0.25, 0.3) is 11.8 Å². The number of fused-ring (bicyclic) bond motifs is 4. The Morgan fingerprint density at radius 2 is 1.70 bits per heavy atom. The lowest BCUT2D eigenvalue weighted by molar-refractivity contribution is -0.159. The molecule has 6 rings (SSSR count). The number of nitrogens with zero attached hydrogens (tertiary/aromatic N) is 4. The molecule has 0 bridgehead atoms. The van der Waals surface area contributed by atoms with E-state index in [1.54, 1.807) is 12.1 Å². The quantitative estimate of drug-likeness (QED) is 0.348. The van der Waals surface area contributed by atoms with Crippen LogP contribution in [0.2, 0.25) is 0 Å². The van der Waals surface area contributed by atoms with Crippen LogP contribution in [0.25, 0.3) is 6.08 Å². The van der Waals surface area contributed by atoms with E-state index in [9.17, 15) is 33.2 Å². The fourth-order valence-corrected chi connectivity index (χ4v) is 6.30. The van der Waals surface area contributed by atoms with Crippen LogP contribution in [0, 0.1) is 11.2 Å². The van der Waals surface area contributed by atoms with Gasteiger partial charge in [0.1, 0.15) is 11.4 Å². The van der Waals surface area contributed by atoms with Crippen molar-refractivity contribution in [2.75, 3.05) is 30.4 Å². The van der Waals surface area contributed by atoms with Gasteiger partial charge in [-0.25, -0.2) is 18.9 Å². The summed E-state index contributed by atoms with van der Waals surface area (Å²) in [6.45, 7) is 0.618. The number of benzene rings is 2. The summed E-state index contributed by atoms with van der Waals surface area (Å²) in [6.07, 6.45) is 2.72. The molecule has 0 aliphatic carbocycles. The lowest BCUT2D eigenvalue weighted by Gasteiger charge is -2.50. The Kier molecular flexibility index (Phi) is 5.61. The average molecular weight is 546 g/mol. The molecule has 0 aromatic heterocycles. The second-order valence-electron chi connectivity index (χ2n) is 10.3. The molecule has 1 atom stereocenters. The van der Waals surface area contributed by atoms with Gasteiger partial charge in [-0.3, -0.25) is 34.3 Å². The molecule has 3 saturated heterocycles. The topological polar surface area (TPSA) is 127 Å². The summed E-state index contributed by atoms with van der Waals surface area (Å²) in [5.41, 5.74) is 0.0210. The third-order valence-electron chi connectivity index (χ3n) is 8.13. The number of barbiturate groups is 2. The molecule has 0 unspecified atom stereocenters. The molecule has 0 radical (unpaired) electrons. The van der Waals surface area contributed by atoms with Crippen LogP contribution in [0.3, 0.4) is 0 Å². The predicted octanol–water partition coefficient (Wildman–Crippen LogP) is 2.05. The van der Waals surface area contributed by atoms with E-state index in [1.165, 1.54) is 32.3 Å². The monoisotopic (exact) mass is 545 g/mol. The van der Waals surface area contributed by atoms with E-state index in [4.69, 9.17) is 0 Å². The van der Waals surface area contributed by atoms with Gasteiger partial charge in [0.05, 0.1) is 11.7 Å². The number of nitrogens with one attached hydrogen (secondary N) is 1. The summed E-state index contributed by atoms with van der Waals surface area (Å²) in [7, 11) is 2.73. The van der Waals surface area contributed by atoms with E-state index >= 15 is 0 Å². The largest absolute Gasteiger partial charge is 0.367 e. The van der Waals surface area contributed by atoms with Crippen molar-refractivity contribution in [1.82, 2.24) is 15.1 Å². The number of carbonyl (C=O) groups excluding carboxylic acids is 6. The van der Waals surface area contributed by atoms with Gasteiger partial charge in [-0.2, -0.15) is 0 Å². The zero-order valence-corrected chi connectivity index (χ0v) is 21.6. The minimum atomic E-state index is -1.49. The lowest BCUT2D eigenvalue weighted by atomic mass is 9.68. The third-order valence-corrected chi connectivity index (χ3v) is 8.13. The number of rotatable bonds is 2. The summed E-state index contributed by atoms with van der Waals surface area (Å²) in [6, 6.07) is 7.98. The van der Waals surface area contributed by atoms with Crippen molar-refractivity contribution in [2.24, 2.45) is 5.41 Å². The summed E-state index contributed by atoms with van der Waals surface area (Å²) in [5, 5.41) is 2.11. The maximum Gasteiger partial charge on any atom is 0.335 e. The zero-order valence-electron chi connectivity index (χ0n) is 21.6. The molecular formula is C28H24FN5O6. The predicted molar refractivity (Wildman–Crippen MR) is 139 cm³/mol. The molecule has 12 heteroatoms. The Bertz CT molecular complexity index is 1560. The van der Waals surface area contributed by atoms with Gasteiger partial charge in [-0.15, -0.1) is 0 Å². The molecule has 0 saturated carbocycles. The van der Waals surface area contributed by atoms with Gasteiger partial charge >= 0.3 is 12.1 Å². The van der Waals surface area contributed by atoms with Crippen molar-refractivity contribution in [3.8, 4) is 0 Å². The number of amides is 8. The number of hydrogen-bond acceptors (Lipinski definition) is 7. The Morgan fingerprint density at radius 1 is 0.975 bits per heavy atom. The van der Waals surface area contributed by atoms with Gasteiger partial charge in [0, 0.05) is 26.3 Å². The van der Waals surface area contributed by atoms with E-state index in [0.717, 1.165) is 34.0 Å². The maximum absolute atomic E-state index is 13.8. The highest BCUT2D eigenvalue weighted by molar-refractivity contribution is 6.39. The number of imide groups is 4. The second kappa shape index (κ2) is 8.83. The summed E-state index contributed by atoms with van der Waals surface area (Å²) in [5.74, 6) is -3.60. The molecule has 204 valence electrons. The summed E-state index contributed by atoms with van der Waals surface area (Å²) < 4.78 is 13.8. The van der Waals surface area contributed by atoms with Crippen molar-refractivity contribution in [3.05, 3.63) is 65.0 Å². The van der Waals surface area contributed by atoms with Gasteiger partial charge in [0.15, 0.2) is 5.41 Å². The van der Waals surface area contributed by atoms with Crippen LogP contribution in [0.15, 0.2) is 48.0 Å². The molecule has 4 aliphatic heterocycles. The Labute approximate surface area is 227 Å². The maximum atomic E-state index is 13.8. The second-order valence-corrected chi connectivity index (χ2v) is 10.3. The fourth-order valence-electron chi connectivity index (χ4n) is 6.30. The molecule has 2 aromatic rings. The van der Waals surface area contributed by atoms with Crippen LogP contribution in [0.5, 0.6) is 0 Å². The molecule has 3 fully saturated rings. The molecule has 2 aromatic carbocycles. The highest BCUT2D eigenvalue weighted by atomic mass is 19.1. The van der Waals surface area contributed by atoms with Crippen LogP contribution in [0.4, 0.5) is 25.4 Å². The fraction of sp³-hybridized carbons (Fsp3) is 0.286. The highest BCUT2D eigenvalue weighted by Gasteiger charge is 2.63. The molecule has 1 N–H and O–H groups in total. The first-order chi connectivity index (χ1) is 19.0. The van der Waals surface area contributed by atoms with Crippen molar-refractivity contribution in [2.45, 2.75) is 25.3 Å². The molecule has 1 spiro atoms. The van der Waals surface area contributed by atoms with Crippen LogP contribution < -0.4 is 15.1 Å². The Hall–Kier alpha value is -4.87. The molecule has 11 nitrogen and oxygen atoms in total. The van der Waals surface area contributed by atoms with E-state index in [0.29, 0.717) is 29.0 Å². The van der Waals surface area contributed by atoms with Crippen molar-refractivity contribution in [3.63, 3.8) is 0 Å². The van der Waals surface area contributed by atoms with Crippen molar-refractivity contribution < 1.29 is 33.2 Å². The van der Waals surface area contributed by atoms with E-state index in [1.807, 2.05) is 11.0 Å². The minimum absolute atomic E-state index is 0.0359. The number of urea groups is 2. The molecule has 4 aliphatic rings. The normalized spacial score (nSPS) is 23.3. The molecule has 8 amide bonds. The first kappa shape index (κ1) is 25.4. The number of hydrogen-bond donors (Lipinski definition) is 1. The van der Waals surface area contributed by atoms with Crippen molar-refractivity contribution in [1.29, 1.82) is 0 Å². The SMILES string of the molecule is CN1C(=O)N(C)C(=O)C2(Cc3cc(/C=C4\C(=O)NC(=O)N(c5cccc(F)c5)C4=O)ccc3N3CCC[C@@H]32)C1=O. The van der Waals surface area contributed by atoms with Gasteiger partial charge in [0.2, 0.25) is 11.8 Å². The van der Waals surface area contributed by atoms with Gasteiger partial charge < -0.3 is 4.90 Å². The van der Waals surface area contributed by atoms with E-state index in [-0.39, 0.29) is 17.7 Å². The van der Waals surface area contributed by atoms with Crippen LogP contribution in [-0.2, 0) is 25.6 Å². The Balaban J connectivity index is 1.41. The first-order valence-electron chi connectivity index (χ1n) is 12.7. The number of anilines is 2.